The number of rotatable bonds is 3. The summed E-state index contributed by atoms with van der Waals surface area (Å²) >= 11 is 0. The van der Waals surface area contributed by atoms with E-state index in [2.05, 4.69) is 20.1 Å². The van der Waals surface area contributed by atoms with E-state index < -0.39 is 0 Å². The molecule has 1 atom stereocenters. The van der Waals surface area contributed by atoms with Crippen molar-refractivity contribution in [2.45, 2.75) is 18.9 Å². The number of pyridine rings is 1. The highest BCUT2D eigenvalue weighted by atomic mass is 16.5. The van der Waals surface area contributed by atoms with Crippen LogP contribution in [0.15, 0.2) is 59.4 Å². The molecular formula is C20H17N5O2. The van der Waals surface area contributed by atoms with Crippen LogP contribution in [0.25, 0.3) is 22.4 Å². The number of fused-ring (bicyclic) bond motifs is 1. The van der Waals surface area contributed by atoms with Crippen LogP contribution in [0, 0.1) is 0 Å². The van der Waals surface area contributed by atoms with Crippen molar-refractivity contribution in [2.75, 3.05) is 6.54 Å². The Morgan fingerprint density at radius 2 is 2.19 bits per heavy atom. The molecule has 4 aromatic rings. The summed E-state index contributed by atoms with van der Waals surface area (Å²) in [4.78, 5) is 26.8. The Hall–Kier alpha value is -3.48. The van der Waals surface area contributed by atoms with E-state index in [4.69, 9.17) is 4.52 Å². The van der Waals surface area contributed by atoms with E-state index in [1.54, 1.807) is 6.20 Å². The lowest BCUT2D eigenvalue weighted by Gasteiger charge is -2.22. The van der Waals surface area contributed by atoms with Gasteiger partial charge in [-0.05, 0) is 48.6 Å². The number of carbonyl (C=O) groups excluding carboxylic acids is 1. The third kappa shape index (κ3) is 2.77. The monoisotopic (exact) mass is 359 g/mol. The summed E-state index contributed by atoms with van der Waals surface area (Å²) in [7, 11) is 0. The first-order chi connectivity index (χ1) is 13.3. The van der Waals surface area contributed by atoms with Crippen LogP contribution in [0.4, 0.5) is 0 Å². The van der Waals surface area contributed by atoms with E-state index in [1.807, 2.05) is 53.6 Å². The molecule has 0 bridgehead atoms. The highest BCUT2D eigenvalue weighted by Gasteiger charge is 2.34. The number of benzene rings is 1. The van der Waals surface area contributed by atoms with Crippen LogP contribution < -0.4 is 0 Å². The average Bonchev–Trinajstić information content (AvgIpc) is 3.47. The van der Waals surface area contributed by atoms with Crippen molar-refractivity contribution < 1.29 is 9.32 Å². The second-order valence-electron chi connectivity index (χ2n) is 6.61. The Morgan fingerprint density at radius 1 is 1.22 bits per heavy atom. The predicted octanol–water partition coefficient (Wildman–Crippen LogP) is 3.59. The largest absolute Gasteiger partial charge is 0.361 e. The molecule has 1 amide bonds. The Balaban J connectivity index is 1.43. The summed E-state index contributed by atoms with van der Waals surface area (Å²) in [5, 5.41) is 5.12. The standard InChI is InChI=1S/C20H17N5O2/c26-20(14-7-6-13-8-10-22-16(13)12-14)25-11-3-5-17(25)19-23-18(24-27-19)15-4-1-2-9-21-15/h1-2,4,6-10,12,17,22H,3,5,11H2. The maximum Gasteiger partial charge on any atom is 0.254 e. The maximum atomic E-state index is 13.1. The molecule has 4 heterocycles. The topological polar surface area (TPSA) is 87.9 Å². The Labute approximate surface area is 155 Å². The maximum absolute atomic E-state index is 13.1. The number of likely N-dealkylation sites (tertiary alicyclic amines) is 1. The molecule has 1 fully saturated rings. The molecule has 7 nitrogen and oxygen atoms in total. The molecule has 0 radical (unpaired) electrons. The van der Waals surface area contributed by atoms with E-state index in [9.17, 15) is 4.79 Å². The van der Waals surface area contributed by atoms with Gasteiger partial charge in [0.15, 0.2) is 0 Å². The molecule has 0 aliphatic carbocycles. The van der Waals surface area contributed by atoms with Crippen LogP contribution in [-0.4, -0.2) is 37.5 Å². The number of aromatic amines is 1. The second-order valence-corrected chi connectivity index (χ2v) is 6.61. The summed E-state index contributed by atoms with van der Waals surface area (Å²) in [5.74, 6) is 0.881. The molecule has 1 saturated heterocycles. The van der Waals surface area contributed by atoms with E-state index in [-0.39, 0.29) is 11.9 Å². The van der Waals surface area contributed by atoms with Crippen molar-refractivity contribution >= 4 is 16.8 Å². The van der Waals surface area contributed by atoms with Crippen molar-refractivity contribution in [3.8, 4) is 11.5 Å². The molecule has 0 saturated carbocycles. The molecule has 5 rings (SSSR count). The number of aromatic nitrogens is 4. The molecule has 1 aliphatic heterocycles. The van der Waals surface area contributed by atoms with Gasteiger partial charge in [0.05, 0.1) is 0 Å². The fourth-order valence-corrected chi connectivity index (χ4v) is 3.58. The smallest absolute Gasteiger partial charge is 0.254 e. The molecule has 3 aromatic heterocycles. The number of amides is 1. The molecule has 0 spiro atoms. The van der Waals surface area contributed by atoms with Gasteiger partial charge in [-0.25, -0.2) is 0 Å². The minimum atomic E-state index is -0.207. The van der Waals surface area contributed by atoms with Crippen molar-refractivity contribution in [3.05, 3.63) is 66.3 Å². The van der Waals surface area contributed by atoms with Gasteiger partial charge in [0.2, 0.25) is 11.7 Å². The molecule has 1 aliphatic rings. The number of hydrogen-bond donors (Lipinski definition) is 1. The molecule has 1 N–H and O–H groups in total. The number of H-pyrrole nitrogens is 1. The molecule has 1 unspecified atom stereocenters. The van der Waals surface area contributed by atoms with Gasteiger partial charge in [0.1, 0.15) is 11.7 Å². The molecule has 7 heteroatoms. The SMILES string of the molecule is O=C(c1ccc2cc[nH]c2c1)N1CCCC1c1nc(-c2ccccn2)no1. The zero-order valence-corrected chi connectivity index (χ0v) is 14.5. The van der Waals surface area contributed by atoms with E-state index in [0.717, 1.165) is 23.7 Å². The van der Waals surface area contributed by atoms with Crippen molar-refractivity contribution in [1.29, 1.82) is 0 Å². The summed E-state index contributed by atoms with van der Waals surface area (Å²) in [6, 6.07) is 13.0. The Morgan fingerprint density at radius 3 is 3.07 bits per heavy atom. The lowest BCUT2D eigenvalue weighted by atomic mass is 10.1. The molecule has 1 aromatic carbocycles. The third-order valence-electron chi connectivity index (χ3n) is 4.94. The van der Waals surface area contributed by atoms with Gasteiger partial charge in [0.25, 0.3) is 5.91 Å². The van der Waals surface area contributed by atoms with E-state index >= 15 is 0 Å². The van der Waals surface area contributed by atoms with Gasteiger partial charge >= 0.3 is 0 Å². The normalized spacial score (nSPS) is 16.9. The quantitative estimate of drug-likeness (QED) is 0.604. The van der Waals surface area contributed by atoms with Gasteiger partial charge < -0.3 is 14.4 Å². The van der Waals surface area contributed by atoms with Gasteiger partial charge in [-0.15, -0.1) is 0 Å². The number of carbonyl (C=O) groups is 1. The van der Waals surface area contributed by atoms with Gasteiger partial charge in [-0.1, -0.05) is 17.3 Å². The van der Waals surface area contributed by atoms with Crippen LogP contribution in [0.5, 0.6) is 0 Å². The number of nitrogens with zero attached hydrogens (tertiary/aromatic N) is 4. The van der Waals surface area contributed by atoms with Crippen molar-refractivity contribution in [3.63, 3.8) is 0 Å². The fourth-order valence-electron chi connectivity index (χ4n) is 3.58. The second kappa shape index (κ2) is 6.35. The van der Waals surface area contributed by atoms with Gasteiger partial charge in [0, 0.05) is 30.0 Å². The van der Waals surface area contributed by atoms with Crippen LogP contribution in [0.1, 0.15) is 35.1 Å². The highest BCUT2D eigenvalue weighted by Crippen LogP contribution is 2.33. The molecular weight excluding hydrogens is 342 g/mol. The van der Waals surface area contributed by atoms with Crippen LogP contribution in [0.3, 0.4) is 0 Å². The van der Waals surface area contributed by atoms with Crippen LogP contribution in [-0.2, 0) is 0 Å². The summed E-state index contributed by atoms with van der Waals surface area (Å²) in [6.45, 7) is 0.674. The van der Waals surface area contributed by atoms with Crippen molar-refractivity contribution in [2.24, 2.45) is 0 Å². The van der Waals surface area contributed by atoms with Crippen LogP contribution >= 0.6 is 0 Å². The zero-order valence-electron chi connectivity index (χ0n) is 14.5. The van der Waals surface area contributed by atoms with E-state index in [0.29, 0.717) is 29.5 Å². The first-order valence-corrected chi connectivity index (χ1v) is 8.93. The van der Waals surface area contributed by atoms with Gasteiger partial charge in [-0.2, -0.15) is 4.98 Å². The summed E-state index contributed by atoms with van der Waals surface area (Å²) in [6.07, 6.45) is 5.27. The lowest BCUT2D eigenvalue weighted by Crippen LogP contribution is -2.30. The average molecular weight is 359 g/mol. The third-order valence-corrected chi connectivity index (χ3v) is 4.94. The minimum absolute atomic E-state index is 0.0217. The minimum Gasteiger partial charge on any atom is -0.361 e. The zero-order chi connectivity index (χ0) is 18.2. The fraction of sp³-hybridized carbons (Fsp3) is 0.200. The van der Waals surface area contributed by atoms with Gasteiger partial charge in [-0.3, -0.25) is 9.78 Å². The molecule has 27 heavy (non-hydrogen) atoms. The lowest BCUT2D eigenvalue weighted by molar-refractivity contribution is 0.0710. The first-order valence-electron chi connectivity index (χ1n) is 8.93. The Bertz CT molecular complexity index is 1100. The Kier molecular flexibility index (Phi) is 3.71. The number of nitrogens with one attached hydrogen (secondary N) is 1. The summed E-state index contributed by atoms with van der Waals surface area (Å²) in [5.41, 5.74) is 2.26. The molecule has 134 valence electrons. The van der Waals surface area contributed by atoms with E-state index in [1.165, 1.54) is 0 Å². The summed E-state index contributed by atoms with van der Waals surface area (Å²) < 4.78 is 5.48. The number of hydrogen-bond acceptors (Lipinski definition) is 5. The van der Waals surface area contributed by atoms with Crippen molar-refractivity contribution in [1.82, 2.24) is 25.0 Å². The first kappa shape index (κ1) is 15.7. The highest BCUT2D eigenvalue weighted by molar-refractivity contribution is 5.98. The predicted molar refractivity (Wildman–Crippen MR) is 98.8 cm³/mol. The van der Waals surface area contributed by atoms with Crippen LogP contribution in [0.2, 0.25) is 0 Å².